The van der Waals surface area contributed by atoms with E-state index in [2.05, 4.69) is 40.2 Å². The second-order valence-corrected chi connectivity index (χ2v) is 8.89. The number of fused-ring (bicyclic) bond motifs is 4. The summed E-state index contributed by atoms with van der Waals surface area (Å²) in [7, 11) is 0. The molecule has 32 heavy (non-hydrogen) atoms. The van der Waals surface area contributed by atoms with E-state index >= 15 is 0 Å². The third-order valence-corrected chi connectivity index (χ3v) is 6.96. The van der Waals surface area contributed by atoms with Crippen molar-refractivity contribution in [2.24, 2.45) is 5.73 Å². The number of rotatable bonds is 4. The molecule has 2 atom stereocenters. The lowest BCUT2D eigenvalue weighted by Crippen LogP contribution is -2.47. The van der Waals surface area contributed by atoms with E-state index in [4.69, 9.17) is 11.1 Å². The number of benzene rings is 3. The molecule has 4 N–H and O–H groups in total. The highest BCUT2D eigenvalue weighted by molar-refractivity contribution is 6.02. The smallest absolute Gasteiger partial charge is 0.270 e. The van der Waals surface area contributed by atoms with Crippen LogP contribution in [0.15, 0.2) is 66.7 Å². The summed E-state index contributed by atoms with van der Waals surface area (Å²) in [6.07, 6.45) is 1.03. The van der Waals surface area contributed by atoms with E-state index in [9.17, 15) is 4.79 Å². The molecule has 2 fully saturated rings. The van der Waals surface area contributed by atoms with Gasteiger partial charge in [0.2, 0.25) is 0 Å². The molecule has 2 saturated heterocycles. The predicted molar refractivity (Wildman–Crippen MR) is 127 cm³/mol. The zero-order chi connectivity index (χ0) is 21.8. The molecule has 160 valence electrons. The van der Waals surface area contributed by atoms with E-state index in [0.29, 0.717) is 23.8 Å². The quantitative estimate of drug-likeness (QED) is 0.348. The van der Waals surface area contributed by atoms with Gasteiger partial charge in [0, 0.05) is 48.2 Å². The maximum absolute atomic E-state index is 13.7. The van der Waals surface area contributed by atoms with Crippen LogP contribution in [0, 0.1) is 5.41 Å². The standard InChI is InChI=1S/C26H25N5O/c27-25(28)18-9-8-17-10-24(26(32)30-15-20-12-21(30)13-29-20)31(23(17)11-18)14-19-6-3-5-16-4-1-2-7-22(16)19/h1-11,20-21,29H,12-15H2,(H3,27,28). The summed E-state index contributed by atoms with van der Waals surface area (Å²) in [5, 5.41) is 14.7. The topological polar surface area (TPSA) is 87.1 Å². The normalized spacial score (nSPS) is 19.8. The monoisotopic (exact) mass is 423 g/mol. The van der Waals surface area contributed by atoms with Crippen LogP contribution in [0.2, 0.25) is 0 Å². The molecule has 3 heterocycles. The van der Waals surface area contributed by atoms with Gasteiger partial charge in [-0.2, -0.15) is 0 Å². The number of piperazine rings is 1. The lowest BCUT2D eigenvalue weighted by molar-refractivity contribution is 0.0706. The van der Waals surface area contributed by atoms with Crippen molar-refractivity contribution in [1.82, 2.24) is 14.8 Å². The Morgan fingerprint density at radius 3 is 2.69 bits per heavy atom. The first-order valence-corrected chi connectivity index (χ1v) is 11.1. The van der Waals surface area contributed by atoms with Gasteiger partial charge in [-0.25, -0.2) is 0 Å². The molecule has 1 amide bonds. The van der Waals surface area contributed by atoms with E-state index in [1.54, 1.807) is 0 Å². The minimum atomic E-state index is 0.0283. The SMILES string of the molecule is N=C(N)c1ccc2cc(C(=O)N3CC4CC3CN4)n(Cc3cccc4ccccc34)c2c1. The molecule has 2 aliphatic rings. The molecule has 0 radical (unpaired) electrons. The number of hydrogen-bond donors (Lipinski definition) is 3. The van der Waals surface area contributed by atoms with Gasteiger partial charge in [0.15, 0.2) is 0 Å². The largest absolute Gasteiger partial charge is 0.384 e. The lowest BCUT2D eigenvalue weighted by Gasteiger charge is -2.28. The van der Waals surface area contributed by atoms with Gasteiger partial charge in [-0.15, -0.1) is 0 Å². The van der Waals surface area contributed by atoms with Crippen LogP contribution in [0.3, 0.4) is 0 Å². The van der Waals surface area contributed by atoms with Crippen molar-refractivity contribution in [2.75, 3.05) is 13.1 Å². The van der Waals surface area contributed by atoms with E-state index in [0.717, 1.165) is 36.0 Å². The number of hydrogen-bond acceptors (Lipinski definition) is 3. The highest BCUT2D eigenvalue weighted by atomic mass is 16.2. The number of nitrogens with zero attached hydrogens (tertiary/aromatic N) is 2. The van der Waals surface area contributed by atoms with Crippen molar-refractivity contribution in [3.05, 3.63) is 83.6 Å². The van der Waals surface area contributed by atoms with Crippen LogP contribution in [-0.4, -0.2) is 46.4 Å². The molecule has 0 saturated carbocycles. The Kier molecular flexibility index (Phi) is 4.30. The number of carbonyl (C=O) groups is 1. The summed E-state index contributed by atoms with van der Waals surface area (Å²) in [4.78, 5) is 15.7. The molecule has 6 heteroatoms. The summed E-state index contributed by atoms with van der Waals surface area (Å²) in [6.45, 7) is 2.21. The first-order valence-electron chi connectivity index (χ1n) is 11.1. The summed E-state index contributed by atoms with van der Waals surface area (Å²) < 4.78 is 2.10. The fourth-order valence-electron chi connectivity index (χ4n) is 5.33. The van der Waals surface area contributed by atoms with Crippen LogP contribution in [0.25, 0.3) is 21.7 Å². The fourth-order valence-corrected chi connectivity index (χ4v) is 5.33. The molecule has 2 unspecified atom stereocenters. The lowest BCUT2D eigenvalue weighted by atomic mass is 10.0. The van der Waals surface area contributed by atoms with Crippen molar-refractivity contribution in [3.63, 3.8) is 0 Å². The van der Waals surface area contributed by atoms with Gasteiger partial charge in [-0.1, -0.05) is 54.6 Å². The number of nitrogens with one attached hydrogen (secondary N) is 2. The van der Waals surface area contributed by atoms with E-state index < -0.39 is 0 Å². The number of likely N-dealkylation sites (tertiary alicyclic amines) is 1. The Bertz CT molecular complexity index is 1380. The first-order chi connectivity index (χ1) is 15.6. The maximum atomic E-state index is 13.7. The Labute approximate surface area is 186 Å². The van der Waals surface area contributed by atoms with Crippen molar-refractivity contribution in [1.29, 1.82) is 5.41 Å². The summed E-state index contributed by atoms with van der Waals surface area (Å²) in [5.74, 6) is 0.112. The summed E-state index contributed by atoms with van der Waals surface area (Å²) in [5.41, 5.74) is 9.23. The minimum absolute atomic E-state index is 0.0283. The number of amides is 1. The van der Waals surface area contributed by atoms with Gasteiger partial charge in [-0.3, -0.25) is 10.2 Å². The molecule has 4 aromatic rings. The predicted octanol–water partition coefficient (Wildman–Crippen LogP) is 3.31. The van der Waals surface area contributed by atoms with Crippen molar-refractivity contribution in [3.8, 4) is 0 Å². The number of nitrogen functional groups attached to an aromatic ring is 1. The van der Waals surface area contributed by atoms with Crippen molar-refractivity contribution >= 4 is 33.4 Å². The second kappa shape index (κ2) is 7.21. The Morgan fingerprint density at radius 1 is 1.06 bits per heavy atom. The van der Waals surface area contributed by atoms with Gasteiger partial charge in [-0.05, 0) is 34.9 Å². The molecular formula is C26H25N5O. The van der Waals surface area contributed by atoms with Gasteiger partial charge < -0.3 is 20.5 Å². The van der Waals surface area contributed by atoms with Crippen molar-refractivity contribution in [2.45, 2.75) is 25.0 Å². The third-order valence-electron chi connectivity index (χ3n) is 6.96. The third kappa shape index (κ3) is 2.99. The molecule has 6 rings (SSSR count). The van der Waals surface area contributed by atoms with Gasteiger partial charge in [0.05, 0.1) is 0 Å². The molecule has 6 nitrogen and oxygen atoms in total. The van der Waals surface area contributed by atoms with E-state index in [1.165, 1.54) is 10.8 Å². The highest BCUT2D eigenvalue weighted by Gasteiger charge is 2.41. The molecule has 0 spiro atoms. The summed E-state index contributed by atoms with van der Waals surface area (Å²) >= 11 is 0. The molecule has 2 aliphatic heterocycles. The maximum Gasteiger partial charge on any atom is 0.270 e. The number of nitrogens with two attached hydrogens (primary N) is 1. The van der Waals surface area contributed by atoms with E-state index in [-0.39, 0.29) is 17.8 Å². The van der Waals surface area contributed by atoms with Crippen LogP contribution < -0.4 is 11.1 Å². The number of amidine groups is 1. The average Bonchev–Trinajstić information content (AvgIpc) is 3.53. The molecule has 3 aromatic carbocycles. The molecule has 1 aromatic heterocycles. The first kappa shape index (κ1) is 19.1. The zero-order valence-electron chi connectivity index (χ0n) is 17.7. The van der Waals surface area contributed by atoms with Gasteiger partial charge in [0.1, 0.15) is 11.5 Å². The fraction of sp³-hybridized carbons (Fsp3) is 0.231. The number of carbonyl (C=O) groups excluding carboxylic acids is 1. The Morgan fingerprint density at radius 2 is 1.91 bits per heavy atom. The highest BCUT2D eigenvalue weighted by Crippen LogP contribution is 2.30. The number of aromatic nitrogens is 1. The zero-order valence-corrected chi connectivity index (χ0v) is 17.7. The second-order valence-electron chi connectivity index (χ2n) is 8.89. The van der Waals surface area contributed by atoms with Gasteiger partial charge >= 0.3 is 0 Å². The van der Waals surface area contributed by atoms with Gasteiger partial charge in [0.25, 0.3) is 5.91 Å². The minimum Gasteiger partial charge on any atom is -0.384 e. The Balaban J connectivity index is 1.50. The molecule has 2 bridgehead atoms. The van der Waals surface area contributed by atoms with Crippen LogP contribution in [-0.2, 0) is 6.54 Å². The van der Waals surface area contributed by atoms with Crippen LogP contribution in [0.1, 0.15) is 28.0 Å². The Hall–Kier alpha value is -3.64. The van der Waals surface area contributed by atoms with E-state index in [1.807, 2.05) is 41.3 Å². The van der Waals surface area contributed by atoms with Crippen molar-refractivity contribution < 1.29 is 4.79 Å². The van der Waals surface area contributed by atoms with Crippen LogP contribution >= 0.6 is 0 Å². The molecule has 0 aliphatic carbocycles. The van der Waals surface area contributed by atoms with Crippen LogP contribution in [0.4, 0.5) is 0 Å². The average molecular weight is 424 g/mol. The summed E-state index contributed by atoms with van der Waals surface area (Å²) in [6, 6.07) is 23.0. The molecular weight excluding hydrogens is 398 g/mol. The van der Waals surface area contributed by atoms with Crippen LogP contribution in [0.5, 0.6) is 0 Å².